The quantitative estimate of drug-likeness (QED) is 0.309. The van der Waals surface area contributed by atoms with Crippen LogP contribution in [0.1, 0.15) is 40.0 Å². The van der Waals surface area contributed by atoms with Gasteiger partial charge >= 0.3 is 11.9 Å². The van der Waals surface area contributed by atoms with Crippen molar-refractivity contribution in [3.05, 3.63) is 17.1 Å². The molecule has 1 heterocycles. The highest BCUT2D eigenvalue weighted by atomic mass is 16.6. The summed E-state index contributed by atoms with van der Waals surface area (Å²) in [4.78, 5) is 34.8. The Kier molecular flexibility index (Phi) is 6.69. The van der Waals surface area contributed by atoms with Crippen molar-refractivity contribution >= 4 is 17.9 Å². The van der Waals surface area contributed by atoms with E-state index in [4.69, 9.17) is 14.2 Å². The summed E-state index contributed by atoms with van der Waals surface area (Å²) in [5, 5.41) is 0. The number of ether oxygens (including phenoxy) is 3. The van der Waals surface area contributed by atoms with Gasteiger partial charge in [0.2, 0.25) is 0 Å². The van der Waals surface area contributed by atoms with Crippen molar-refractivity contribution in [1.29, 1.82) is 0 Å². The lowest BCUT2D eigenvalue weighted by Gasteiger charge is -2.25. The van der Waals surface area contributed by atoms with Gasteiger partial charge in [0.15, 0.2) is 11.7 Å². The second-order valence-electron chi connectivity index (χ2n) is 4.63. The van der Waals surface area contributed by atoms with E-state index in [1.807, 2.05) is 13.8 Å². The maximum atomic E-state index is 12.1. The molecule has 1 rings (SSSR count). The minimum Gasteiger partial charge on any atom is -0.493 e. The maximum Gasteiger partial charge on any atom is 0.351 e. The normalized spacial score (nSPS) is 18.1. The fourth-order valence-corrected chi connectivity index (χ4v) is 1.82. The van der Waals surface area contributed by atoms with Crippen LogP contribution in [0.25, 0.3) is 0 Å². The Labute approximate surface area is 123 Å². The Bertz CT molecular complexity index is 484. The Morgan fingerprint density at radius 3 is 2.57 bits per heavy atom. The monoisotopic (exact) mass is 296 g/mol. The third-order valence-electron chi connectivity index (χ3n) is 2.91. The van der Waals surface area contributed by atoms with Crippen LogP contribution in [0.3, 0.4) is 0 Å². The predicted molar refractivity (Wildman–Crippen MR) is 73.6 cm³/mol. The first kappa shape index (κ1) is 17.0. The number of cyclic esters (lactones) is 1. The maximum absolute atomic E-state index is 12.1. The van der Waals surface area contributed by atoms with Crippen molar-refractivity contribution in [2.45, 2.75) is 40.0 Å². The van der Waals surface area contributed by atoms with Crippen LogP contribution in [0, 0.1) is 5.92 Å². The molecule has 0 aromatic carbocycles. The number of carbonyl (C=O) groups excluding carboxylic acids is 3. The molecular formula is C15H20O6. The smallest absolute Gasteiger partial charge is 0.351 e. The molecule has 6 heteroatoms. The molecule has 0 amide bonds. The summed E-state index contributed by atoms with van der Waals surface area (Å²) >= 11 is 0. The largest absolute Gasteiger partial charge is 0.493 e. The Morgan fingerprint density at radius 1 is 1.29 bits per heavy atom. The van der Waals surface area contributed by atoms with E-state index < -0.39 is 23.4 Å². The first-order valence-electron chi connectivity index (χ1n) is 7.04. The predicted octanol–water partition coefficient (Wildman–Crippen LogP) is 1.92. The summed E-state index contributed by atoms with van der Waals surface area (Å²) in [6.07, 6.45) is 2.33. The Balaban J connectivity index is 3.06. The van der Waals surface area contributed by atoms with Gasteiger partial charge in [0, 0.05) is 0 Å². The van der Waals surface area contributed by atoms with E-state index in [1.165, 1.54) is 12.9 Å². The molecule has 1 aliphatic rings. The zero-order chi connectivity index (χ0) is 15.8. The van der Waals surface area contributed by atoms with E-state index in [2.05, 4.69) is 0 Å². The lowest BCUT2D eigenvalue weighted by Crippen LogP contribution is -2.33. The molecule has 6 nitrogen and oxygen atoms in total. The van der Waals surface area contributed by atoms with Crippen molar-refractivity contribution in [2.24, 2.45) is 5.92 Å². The molecule has 1 aliphatic heterocycles. The highest BCUT2D eigenvalue weighted by Gasteiger charge is 2.42. The van der Waals surface area contributed by atoms with E-state index in [0.717, 1.165) is 12.8 Å². The molecule has 0 aliphatic carbocycles. The third-order valence-corrected chi connectivity index (χ3v) is 2.91. The van der Waals surface area contributed by atoms with Gasteiger partial charge in [-0.05, 0) is 19.8 Å². The minimum absolute atomic E-state index is 0.155. The van der Waals surface area contributed by atoms with Gasteiger partial charge in [-0.25, -0.2) is 9.59 Å². The van der Waals surface area contributed by atoms with E-state index in [-0.39, 0.29) is 18.1 Å². The number of allylic oxidation sites excluding steroid dienone is 1. The van der Waals surface area contributed by atoms with Crippen LogP contribution in [0.4, 0.5) is 0 Å². The molecule has 116 valence electrons. The SMILES string of the molecule is CCCCOC1=C(C)OC(=O)C(=C=O)C1C(=O)OCCC. The fourth-order valence-electron chi connectivity index (χ4n) is 1.82. The average molecular weight is 296 g/mol. The molecule has 0 N–H and O–H groups in total. The number of hydrogen-bond acceptors (Lipinski definition) is 6. The molecule has 0 aromatic heterocycles. The molecule has 0 saturated carbocycles. The van der Waals surface area contributed by atoms with E-state index in [1.54, 1.807) is 0 Å². The first-order valence-corrected chi connectivity index (χ1v) is 7.04. The zero-order valence-corrected chi connectivity index (χ0v) is 12.6. The zero-order valence-electron chi connectivity index (χ0n) is 12.6. The Morgan fingerprint density at radius 2 is 2.00 bits per heavy atom. The van der Waals surface area contributed by atoms with Gasteiger partial charge in [0.25, 0.3) is 0 Å². The summed E-state index contributed by atoms with van der Waals surface area (Å²) < 4.78 is 15.5. The van der Waals surface area contributed by atoms with Crippen molar-refractivity contribution in [3.8, 4) is 0 Å². The standard InChI is InChI=1S/C15H20O6/c1-4-6-8-19-13-10(3)21-14(17)11(9-16)12(13)15(18)20-7-5-2/h12H,4-8H2,1-3H3. The summed E-state index contributed by atoms with van der Waals surface area (Å²) in [6, 6.07) is 0. The lowest BCUT2D eigenvalue weighted by molar-refractivity contribution is -0.151. The molecule has 0 radical (unpaired) electrons. The van der Waals surface area contributed by atoms with E-state index in [0.29, 0.717) is 13.0 Å². The molecule has 21 heavy (non-hydrogen) atoms. The number of rotatable bonds is 7. The van der Waals surface area contributed by atoms with Gasteiger partial charge in [0.05, 0.1) is 13.2 Å². The topological polar surface area (TPSA) is 78.9 Å². The first-order chi connectivity index (χ1) is 10.1. The lowest BCUT2D eigenvalue weighted by atomic mass is 9.95. The third kappa shape index (κ3) is 4.20. The van der Waals surface area contributed by atoms with Crippen LogP contribution in [0.5, 0.6) is 0 Å². The highest BCUT2D eigenvalue weighted by molar-refractivity contribution is 6.05. The number of unbranched alkanes of at least 4 members (excludes halogenated alkanes) is 1. The molecule has 1 atom stereocenters. The fraction of sp³-hybridized carbons (Fsp3) is 0.600. The van der Waals surface area contributed by atoms with Crippen LogP contribution in [-0.2, 0) is 28.6 Å². The van der Waals surface area contributed by atoms with Crippen LogP contribution in [0.15, 0.2) is 17.1 Å². The van der Waals surface area contributed by atoms with Gasteiger partial charge in [-0.2, -0.15) is 0 Å². The van der Waals surface area contributed by atoms with Crippen LogP contribution in [-0.4, -0.2) is 31.1 Å². The van der Waals surface area contributed by atoms with Crippen molar-refractivity contribution in [2.75, 3.05) is 13.2 Å². The average Bonchev–Trinajstić information content (AvgIpc) is 2.46. The van der Waals surface area contributed by atoms with Crippen molar-refractivity contribution < 1.29 is 28.6 Å². The second-order valence-corrected chi connectivity index (χ2v) is 4.63. The number of esters is 2. The Hall–Kier alpha value is -2.07. The molecule has 0 saturated heterocycles. The van der Waals surface area contributed by atoms with E-state index >= 15 is 0 Å². The van der Waals surface area contributed by atoms with E-state index in [9.17, 15) is 14.4 Å². The summed E-state index contributed by atoms with van der Waals surface area (Å²) in [5.74, 6) is -0.961. The van der Waals surface area contributed by atoms with Gasteiger partial charge in [-0.1, -0.05) is 20.3 Å². The molecular weight excluding hydrogens is 276 g/mol. The van der Waals surface area contributed by atoms with Crippen LogP contribution >= 0.6 is 0 Å². The van der Waals surface area contributed by atoms with Gasteiger partial charge in [-0.3, -0.25) is 4.79 Å². The molecule has 0 aromatic rings. The molecule has 0 spiro atoms. The highest BCUT2D eigenvalue weighted by Crippen LogP contribution is 2.31. The van der Waals surface area contributed by atoms with Crippen molar-refractivity contribution in [3.63, 3.8) is 0 Å². The molecule has 0 bridgehead atoms. The number of hydrogen-bond donors (Lipinski definition) is 0. The van der Waals surface area contributed by atoms with Gasteiger partial charge in [0.1, 0.15) is 17.3 Å². The molecule has 1 unspecified atom stereocenters. The van der Waals surface area contributed by atoms with Gasteiger partial charge in [-0.15, -0.1) is 0 Å². The van der Waals surface area contributed by atoms with Gasteiger partial charge < -0.3 is 14.2 Å². The van der Waals surface area contributed by atoms with Crippen molar-refractivity contribution in [1.82, 2.24) is 0 Å². The molecule has 0 fully saturated rings. The summed E-state index contributed by atoms with van der Waals surface area (Å²) in [7, 11) is 0. The van der Waals surface area contributed by atoms with Crippen LogP contribution < -0.4 is 0 Å². The van der Waals surface area contributed by atoms with Crippen LogP contribution in [0.2, 0.25) is 0 Å². The minimum atomic E-state index is -1.19. The summed E-state index contributed by atoms with van der Waals surface area (Å²) in [5.41, 5.74) is -0.409. The number of carbonyl (C=O) groups is 2. The summed E-state index contributed by atoms with van der Waals surface area (Å²) in [6.45, 7) is 5.93. The second kappa shape index (κ2) is 8.27.